The maximum atomic E-state index is 13.4. The molecule has 0 aromatic heterocycles. The van der Waals surface area contributed by atoms with E-state index in [0.29, 0.717) is 22.1 Å². The Balaban J connectivity index is 1.97. The molecule has 2 rings (SSSR count). The summed E-state index contributed by atoms with van der Waals surface area (Å²) >= 11 is 1.93. The van der Waals surface area contributed by atoms with Crippen LogP contribution in [-0.4, -0.2) is 11.5 Å². The SMILES string of the molecule is O=[N+]([O-])c1ccc(NCCc2ccccc2F)cc1I. The zero-order valence-corrected chi connectivity index (χ0v) is 12.6. The van der Waals surface area contributed by atoms with Gasteiger partial charge in [0.05, 0.1) is 8.49 Å². The molecule has 1 N–H and O–H groups in total. The summed E-state index contributed by atoms with van der Waals surface area (Å²) in [5.74, 6) is -0.215. The van der Waals surface area contributed by atoms with Gasteiger partial charge in [0.1, 0.15) is 5.82 Å². The summed E-state index contributed by atoms with van der Waals surface area (Å²) in [4.78, 5) is 10.3. The number of nitrogens with zero attached hydrogens (tertiary/aromatic N) is 1. The van der Waals surface area contributed by atoms with E-state index in [-0.39, 0.29) is 11.5 Å². The van der Waals surface area contributed by atoms with Crippen molar-refractivity contribution in [3.05, 3.63) is 67.5 Å². The van der Waals surface area contributed by atoms with E-state index < -0.39 is 4.92 Å². The molecule has 0 heterocycles. The topological polar surface area (TPSA) is 55.2 Å². The van der Waals surface area contributed by atoms with E-state index in [1.54, 1.807) is 30.3 Å². The fourth-order valence-corrected chi connectivity index (χ4v) is 2.52. The van der Waals surface area contributed by atoms with Crippen LogP contribution in [0.15, 0.2) is 42.5 Å². The van der Waals surface area contributed by atoms with Crippen LogP contribution in [0, 0.1) is 19.5 Å². The van der Waals surface area contributed by atoms with Gasteiger partial charge in [0.15, 0.2) is 0 Å². The van der Waals surface area contributed by atoms with Crippen LogP contribution in [0.1, 0.15) is 5.56 Å². The Morgan fingerprint density at radius 2 is 2.00 bits per heavy atom. The van der Waals surface area contributed by atoms with E-state index in [0.717, 1.165) is 5.69 Å². The van der Waals surface area contributed by atoms with Gasteiger partial charge in [-0.3, -0.25) is 10.1 Å². The summed E-state index contributed by atoms with van der Waals surface area (Å²) in [6.07, 6.45) is 0.556. The molecule has 104 valence electrons. The highest BCUT2D eigenvalue weighted by Gasteiger charge is 2.11. The van der Waals surface area contributed by atoms with Crippen LogP contribution in [0.2, 0.25) is 0 Å². The molecule has 0 saturated carbocycles. The lowest BCUT2D eigenvalue weighted by Gasteiger charge is -2.07. The average Bonchev–Trinajstić information content (AvgIpc) is 2.40. The monoisotopic (exact) mass is 386 g/mol. The summed E-state index contributed by atoms with van der Waals surface area (Å²) in [5, 5.41) is 13.8. The second kappa shape index (κ2) is 6.65. The number of halogens is 2. The van der Waals surface area contributed by atoms with Crippen LogP contribution in [-0.2, 0) is 6.42 Å². The molecule has 0 amide bonds. The number of hydrogen-bond donors (Lipinski definition) is 1. The minimum absolute atomic E-state index is 0.0882. The summed E-state index contributed by atoms with van der Waals surface area (Å²) in [6.45, 7) is 0.564. The molecule has 0 saturated heterocycles. The number of nitro benzene ring substituents is 1. The molecule has 0 radical (unpaired) electrons. The Morgan fingerprint density at radius 3 is 2.65 bits per heavy atom. The van der Waals surface area contributed by atoms with Crippen LogP contribution in [0.3, 0.4) is 0 Å². The highest BCUT2D eigenvalue weighted by atomic mass is 127. The van der Waals surface area contributed by atoms with Gasteiger partial charge in [-0.1, -0.05) is 18.2 Å². The van der Waals surface area contributed by atoms with Crippen LogP contribution in [0.5, 0.6) is 0 Å². The minimum atomic E-state index is -0.412. The Kier molecular flexibility index (Phi) is 4.89. The molecule has 2 aromatic carbocycles. The fraction of sp³-hybridized carbons (Fsp3) is 0.143. The van der Waals surface area contributed by atoms with Crippen molar-refractivity contribution in [2.24, 2.45) is 0 Å². The molecule has 0 aliphatic carbocycles. The lowest BCUT2D eigenvalue weighted by Crippen LogP contribution is -2.06. The van der Waals surface area contributed by atoms with Crippen LogP contribution >= 0.6 is 22.6 Å². The summed E-state index contributed by atoms with van der Waals surface area (Å²) in [5.41, 5.74) is 1.53. The Labute approximate surface area is 129 Å². The molecule has 0 aliphatic heterocycles. The number of anilines is 1. The third-order valence-corrected chi connectivity index (χ3v) is 3.69. The fourth-order valence-electron chi connectivity index (χ4n) is 1.81. The van der Waals surface area contributed by atoms with Gasteiger partial charge in [-0.05, 0) is 52.8 Å². The van der Waals surface area contributed by atoms with Crippen molar-refractivity contribution in [3.63, 3.8) is 0 Å². The van der Waals surface area contributed by atoms with Gasteiger partial charge < -0.3 is 5.32 Å². The molecule has 0 atom stereocenters. The third-order valence-electron chi connectivity index (χ3n) is 2.83. The highest BCUT2D eigenvalue weighted by Crippen LogP contribution is 2.24. The molecule has 2 aromatic rings. The first-order valence-electron chi connectivity index (χ1n) is 5.99. The summed E-state index contributed by atoms with van der Waals surface area (Å²) in [6, 6.07) is 11.5. The Hall–Kier alpha value is -1.70. The Morgan fingerprint density at radius 1 is 1.25 bits per heavy atom. The first-order chi connectivity index (χ1) is 9.58. The molecule has 4 nitrogen and oxygen atoms in total. The van der Waals surface area contributed by atoms with Gasteiger partial charge >= 0.3 is 0 Å². The van der Waals surface area contributed by atoms with Gasteiger partial charge in [-0.2, -0.15) is 0 Å². The highest BCUT2D eigenvalue weighted by molar-refractivity contribution is 14.1. The first kappa shape index (κ1) is 14.7. The zero-order valence-electron chi connectivity index (χ0n) is 10.5. The van der Waals surface area contributed by atoms with Crippen molar-refractivity contribution in [2.75, 3.05) is 11.9 Å². The van der Waals surface area contributed by atoms with E-state index in [1.165, 1.54) is 12.1 Å². The van der Waals surface area contributed by atoms with E-state index in [9.17, 15) is 14.5 Å². The van der Waals surface area contributed by atoms with Crippen molar-refractivity contribution < 1.29 is 9.31 Å². The molecule has 0 unspecified atom stereocenters. The average molecular weight is 386 g/mol. The normalized spacial score (nSPS) is 10.3. The van der Waals surface area contributed by atoms with Crippen molar-refractivity contribution in [1.29, 1.82) is 0 Å². The van der Waals surface area contributed by atoms with E-state index in [4.69, 9.17) is 0 Å². The second-order valence-corrected chi connectivity index (χ2v) is 5.35. The number of hydrogen-bond acceptors (Lipinski definition) is 3. The van der Waals surface area contributed by atoms with E-state index >= 15 is 0 Å². The number of nitrogens with one attached hydrogen (secondary N) is 1. The predicted molar refractivity (Wildman–Crippen MR) is 84.4 cm³/mol. The molecule has 0 aliphatic rings. The van der Waals surface area contributed by atoms with Crippen LogP contribution in [0.4, 0.5) is 15.8 Å². The van der Waals surface area contributed by atoms with Gasteiger partial charge in [-0.25, -0.2) is 4.39 Å². The standard InChI is InChI=1S/C14H12FIN2O2/c15-12-4-2-1-3-10(12)7-8-17-11-5-6-14(18(19)20)13(16)9-11/h1-6,9,17H,7-8H2. The summed E-state index contributed by atoms with van der Waals surface area (Å²) in [7, 11) is 0. The molecular formula is C14H12FIN2O2. The number of nitro groups is 1. The van der Waals surface area contributed by atoms with Crippen molar-refractivity contribution in [3.8, 4) is 0 Å². The largest absolute Gasteiger partial charge is 0.385 e. The molecule has 6 heteroatoms. The molecule has 0 fully saturated rings. The maximum absolute atomic E-state index is 13.4. The van der Waals surface area contributed by atoms with Crippen LogP contribution < -0.4 is 5.32 Å². The van der Waals surface area contributed by atoms with Gasteiger partial charge in [0.25, 0.3) is 5.69 Å². The van der Waals surface area contributed by atoms with E-state index in [1.807, 2.05) is 22.6 Å². The minimum Gasteiger partial charge on any atom is -0.385 e. The molecule has 0 bridgehead atoms. The van der Waals surface area contributed by atoms with Gasteiger partial charge in [-0.15, -0.1) is 0 Å². The molecular weight excluding hydrogens is 374 g/mol. The maximum Gasteiger partial charge on any atom is 0.282 e. The van der Waals surface area contributed by atoms with Gasteiger partial charge in [0, 0.05) is 18.3 Å². The van der Waals surface area contributed by atoms with Crippen molar-refractivity contribution in [1.82, 2.24) is 0 Å². The smallest absolute Gasteiger partial charge is 0.282 e. The van der Waals surface area contributed by atoms with Crippen LogP contribution in [0.25, 0.3) is 0 Å². The van der Waals surface area contributed by atoms with Crippen molar-refractivity contribution in [2.45, 2.75) is 6.42 Å². The van der Waals surface area contributed by atoms with Crippen molar-refractivity contribution >= 4 is 34.0 Å². The second-order valence-electron chi connectivity index (χ2n) is 4.19. The summed E-state index contributed by atoms with van der Waals surface area (Å²) < 4.78 is 14.0. The Bertz CT molecular complexity index is 634. The quantitative estimate of drug-likeness (QED) is 0.480. The first-order valence-corrected chi connectivity index (χ1v) is 7.07. The number of benzene rings is 2. The predicted octanol–water partition coefficient (Wildman–Crippen LogP) is 3.99. The van der Waals surface area contributed by atoms with E-state index in [2.05, 4.69) is 5.32 Å². The lowest BCUT2D eigenvalue weighted by atomic mass is 10.1. The lowest BCUT2D eigenvalue weighted by molar-refractivity contribution is -0.385. The molecule has 20 heavy (non-hydrogen) atoms. The molecule has 0 spiro atoms. The van der Waals surface area contributed by atoms with Gasteiger partial charge in [0.2, 0.25) is 0 Å². The third kappa shape index (κ3) is 3.66. The number of rotatable bonds is 5. The zero-order chi connectivity index (χ0) is 14.5.